The van der Waals surface area contributed by atoms with E-state index in [0.29, 0.717) is 10.9 Å². The lowest BCUT2D eigenvalue weighted by atomic mass is 10.2. The quantitative estimate of drug-likeness (QED) is 0.196. The number of rotatable bonds is 6. The number of carbonyl (C=O) groups is 2. The zero-order valence-corrected chi connectivity index (χ0v) is 15.5. The van der Waals surface area contributed by atoms with Crippen LogP contribution in [0, 0.1) is 10.1 Å². The van der Waals surface area contributed by atoms with Crippen LogP contribution in [0.3, 0.4) is 0 Å². The molecule has 144 valence electrons. The van der Waals surface area contributed by atoms with Crippen molar-refractivity contribution in [2.75, 3.05) is 11.8 Å². The molecule has 11 heteroatoms. The number of carbonyl (C=O) groups excluding carboxylic acids is 2. The topological polar surface area (TPSA) is 114 Å². The van der Waals surface area contributed by atoms with Gasteiger partial charge in [-0.05, 0) is 18.2 Å². The normalized spacial score (nSPS) is 10.6. The molecule has 0 atom stereocenters. The van der Waals surface area contributed by atoms with Gasteiger partial charge in [0, 0.05) is 29.8 Å². The van der Waals surface area contributed by atoms with E-state index in [1.807, 2.05) is 0 Å². The molecule has 28 heavy (non-hydrogen) atoms. The molecule has 0 amide bonds. The first-order valence-electron chi connectivity index (χ1n) is 7.73. The van der Waals surface area contributed by atoms with E-state index >= 15 is 0 Å². The fourth-order valence-electron chi connectivity index (χ4n) is 2.38. The minimum atomic E-state index is -0.694. The molecule has 2 aromatic carbocycles. The molecule has 1 heterocycles. The van der Waals surface area contributed by atoms with Crippen molar-refractivity contribution in [3.05, 3.63) is 52.7 Å². The summed E-state index contributed by atoms with van der Waals surface area (Å²) in [7, 11) is 0. The van der Waals surface area contributed by atoms with Crippen molar-refractivity contribution in [3.8, 4) is 17.2 Å². The maximum Gasteiger partial charge on any atom is 0.326 e. The number of alkyl halides is 2. The van der Waals surface area contributed by atoms with Crippen molar-refractivity contribution >= 4 is 51.7 Å². The van der Waals surface area contributed by atoms with Crippen molar-refractivity contribution in [2.45, 2.75) is 0 Å². The molecule has 0 fully saturated rings. The van der Waals surface area contributed by atoms with Gasteiger partial charge in [0.25, 0.3) is 5.69 Å². The Bertz CT molecular complexity index is 1080. The monoisotopic (exact) mass is 423 g/mol. The average molecular weight is 424 g/mol. The number of fused-ring (bicyclic) bond motifs is 1. The molecule has 3 rings (SSSR count). The highest BCUT2D eigenvalue weighted by Gasteiger charge is 2.16. The van der Waals surface area contributed by atoms with E-state index in [9.17, 15) is 19.7 Å². The van der Waals surface area contributed by atoms with Crippen LogP contribution in [0.5, 0.6) is 11.5 Å². The van der Waals surface area contributed by atoms with E-state index in [1.54, 1.807) is 0 Å². The summed E-state index contributed by atoms with van der Waals surface area (Å²) in [5.41, 5.74) is 0.645. The SMILES string of the molecule is O=C(CCl)Oc1ccc(OC(=O)CCl)c(-n2cc3cc([N+](=O)[O-])ccc3n2)c1. The van der Waals surface area contributed by atoms with Crippen LogP contribution >= 0.6 is 23.2 Å². The van der Waals surface area contributed by atoms with Gasteiger partial charge in [-0.15, -0.1) is 23.2 Å². The Morgan fingerprint density at radius 3 is 2.46 bits per heavy atom. The van der Waals surface area contributed by atoms with Crippen molar-refractivity contribution in [2.24, 2.45) is 0 Å². The van der Waals surface area contributed by atoms with E-state index in [2.05, 4.69) is 5.10 Å². The smallest absolute Gasteiger partial charge is 0.326 e. The summed E-state index contributed by atoms with van der Waals surface area (Å²) in [5, 5.41) is 15.8. The maximum atomic E-state index is 11.6. The van der Waals surface area contributed by atoms with E-state index in [-0.39, 0.29) is 34.6 Å². The lowest BCUT2D eigenvalue weighted by molar-refractivity contribution is -0.384. The second kappa shape index (κ2) is 8.24. The van der Waals surface area contributed by atoms with Crippen LogP contribution in [0.4, 0.5) is 5.69 Å². The summed E-state index contributed by atoms with van der Waals surface area (Å²) in [5.74, 6) is -1.81. The predicted molar refractivity (Wildman–Crippen MR) is 100 cm³/mol. The Labute approximate surface area is 167 Å². The molecule has 3 aromatic rings. The van der Waals surface area contributed by atoms with Gasteiger partial charge in [0.1, 0.15) is 23.2 Å². The number of aromatic nitrogens is 2. The molecule has 0 saturated carbocycles. The molecule has 1 aromatic heterocycles. The second-order valence-corrected chi connectivity index (χ2v) is 5.95. The van der Waals surface area contributed by atoms with Crippen LogP contribution in [0.1, 0.15) is 0 Å². The summed E-state index contributed by atoms with van der Waals surface area (Å²) in [6, 6.07) is 8.42. The highest BCUT2D eigenvalue weighted by atomic mass is 35.5. The molecule has 0 radical (unpaired) electrons. The molecule has 0 spiro atoms. The first-order chi connectivity index (χ1) is 13.4. The standard InChI is InChI=1S/C17H11Cl2N3O6/c18-7-16(23)27-12-2-4-15(28-17(24)8-19)14(6-12)21-9-10-5-11(22(25)26)1-3-13(10)20-21/h1-6,9H,7-8H2. The minimum Gasteiger partial charge on any atom is -0.426 e. The molecule has 0 unspecified atom stereocenters. The lowest BCUT2D eigenvalue weighted by Gasteiger charge is -2.11. The molecule has 0 aliphatic heterocycles. The van der Waals surface area contributed by atoms with Crippen LogP contribution in [0.25, 0.3) is 16.6 Å². The van der Waals surface area contributed by atoms with Gasteiger partial charge in [0.15, 0.2) is 5.75 Å². The van der Waals surface area contributed by atoms with Gasteiger partial charge in [0.05, 0.1) is 10.4 Å². The summed E-state index contributed by atoms with van der Waals surface area (Å²) in [4.78, 5) is 33.5. The number of benzene rings is 2. The molecule has 0 N–H and O–H groups in total. The third-order valence-corrected chi connectivity index (χ3v) is 3.99. The number of ether oxygens (including phenoxy) is 2. The summed E-state index contributed by atoms with van der Waals surface area (Å²) >= 11 is 10.9. The summed E-state index contributed by atoms with van der Waals surface area (Å²) in [6.07, 6.45) is 1.52. The van der Waals surface area contributed by atoms with Crippen LogP contribution in [-0.4, -0.2) is 38.4 Å². The lowest BCUT2D eigenvalue weighted by Crippen LogP contribution is -2.12. The van der Waals surface area contributed by atoms with E-state index in [0.717, 1.165) is 0 Å². The van der Waals surface area contributed by atoms with Crippen LogP contribution in [0.15, 0.2) is 42.6 Å². The van der Waals surface area contributed by atoms with Gasteiger partial charge in [-0.1, -0.05) is 0 Å². The fourth-order valence-corrected chi connectivity index (χ4v) is 2.49. The van der Waals surface area contributed by atoms with Gasteiger partial charge < -0.3 is 9.47 Å². The number of esters is 2. The Morgan fingerprint density at radius 2 is 1.79 bits per heavy atom. The van der Waals surface area contributed by atoms with Gasteiger partial charge in [0.2, 0.25) is 0 Å². The number of nitro benzene ring substituents is 1. The third kappa shape index (κ3) is 4.21. The minimum absolute atomic E-state index is 0.0920. The number of nitrogens with zero attached hydrogens (tertiary/aromatic N) is 3. The van der Waals surface area contributed by atoms with Crippen molar-refractivity contribution < 1.29 is 24.0 Å². The molecule has 0 saturated heterocycles. The number of hydrogen-bond acceptors (Lipinski definition) is 7. The van der Waals surface area contributed by atoms with Gasteiger partial charge in [-0.25, -0.2) is 4.68 Å². The van der Waals surface area contributed by atoms with Gasteiger partial charge in [-0.3, -0.25) is 19.7 Å². The zero-order valence-electron chi connectivity index (χ0n) is 14.0. The number of nitro groups is 1. The predicted octanol–water partition coefficient (Wildman–Crippen LogP) is 3.22. The first-order valence-corrected chi connectivity index (χ1v) is 8.79. The molecule has 0 aliphatic carbocycles. The van der Waals surface area contributed by atoms with Crippen molar-refractivity contribution in [1.29, 1.82) is 0 Å². The van der Waals surface area contributed by atoms with Crippen LogP contribution < -0.4 is 9.47 Å². The molecular formula is C17H11Cl2N3O6. The molecule has 0 bridgehead atoms. The highest BCUT2D eigenvalue weighted by molar-refractivity contribution is 6.27. The van der Waals surface area contributed by atoms with E-state index in [4.69, 9.17) is 32.7 Å². The van der Waals surface area contributed by atoms with Crippen molar-refractivity contribution in [1.82, 2.24) is 9.78 Å². The molecular weight excluding hydrogens is 413 g/mol. The highest BCUT2D eigenvalue weighted by Crippen LogP contribution is 2.30. The molecule has 0 aliphatic rings. The zero-order chi connectivity index (χ0) is 20.3. The largest absolute Gasteiger partial charge is 0.426 e. The van der Waals surface area contributed by atoms with Gasteiger partial charge >= 0.3 is 11.9 Å². The number of hydrogen-bond donors (Lipinski definition) is 0. The number of halogens is 2. The Hall–Kier alpha value is -3.17. The Balaban J connectivity index is 2.09. The van der Waals surface area contributed by atoms with Crippen molar-refractivity contribution in [3.63, 3.8) is 0 Å². The third-order valence-electron chi connectivity index (χ3n) is 3.55. The first kappa shape index (κ1) is 19.6. The second-order valence-electron chi connectivity index (χ2n) is 5.42. The Kier molecular flexibility index (Phi) is 5.76. The fraction of sp³-hybridized carbons (Fsp3) is 0.118. The van der Waals surface area contributed by atoms with Gasteiger partial charge in [-0.2, -0.15) is 5.10 Å². The van der Waals surface area contributed by atoms with E-state index in [1.165, 1.54) is 47.3 Å². The average Bonchev–Trinajstić information content (AvgIpc) is 3.11. The Morgan fingerprint density at radius 1 is 1.07 bits per heavy atom. The summed E-state index contributed by atoms with van der Waals surface area (Å²) < 4.78 is 11.6. The molecule has 9 nitrogen and oxygen atoms in total. The van der Waals surface area contributed by atoms with E-state index < -0.39 is 16.9 Å². The maximum absolute atomic E-state index is 11.6. The number of non-ortho nitro benzene ring substituents is 1. The van der Waals surface area contributed by atoms with Crippen LogP contribution in [-0.2, 0) is 9.59 Å². The van der Waals surface area contributed by atoms with Crippen LogP contribution in [0.2, 0.25) is 0 Å². The summed E-state index contributed by atoms with van der Waals surface area (Å²) in [6.45, 7) is 0.